The molecule has 0 N–H and O–H groups in total. The van der Waals surface area contributed by atoms with Crippen molar-refractivity contribution < 1.29 is 13.2 Å². The lowest BCUT2D eigenvalue weighted by molar-refractivity contribution is -0.187. The van der Waals surface area contributed by atoms with Gasteiger partial charge in [0.1, 0.15) is 0 Å². The summed E-state index contributed by atoms with van der Waals surface area (Å²) in [6.45, 7) is 4.58. The number of hydrogen-bond donors (Lipinski definition) is 0. The molecule has 1 aliphatic rings. The summed E-state index contributed by atoms with van der Waals surface area (Å²) in [5, 5.41) is 7.32. The average Bonchev–Trinajstić information content (AvgIpc) is 2.80. The summed E-state index contributed by atoms with van der Waals surface area (Å²) >= 11 is 0. The highest BCUT2D eigenvalue weighted by Gasteiger charge is 2.45. The molecule has 0 aromatic heterocycles. The molecule has 0 radical (unpaired) electrons. The number of hydrogen-bond acceptors (Lipinski definition) is 2. The molecule has 2 nitrogen and oxygen atoms in total. The largest absolute Gasteiger partial charge is 0.392 e. The van der Waals surface area contributed by atoms with E-state index in [4.69, 9.17) is 5.26 Å². The average molecular weight is 459 g/mol. The van der Waals surface area contributed by atoms with Crippen LogP contribution in [0.2, 0.25) is 0 Å². The van der Waals surface area contributed by atoms with E-state index in [0.717, 1.165) is 37.8 Å². The molecule has 1 fully saturated rings. The van der Waals surface area contributed by atoms with Gasteiger partial charge in [0.25, 0.3) is 0 Å². The van der Waals surface area contributed by atoms with Gasteiger partial charge in [0.2, 0.25) is 0 Å². The Bertz CT molecular complexity index is 840. The van der Waals surface area contributed by atoms with Crippen LogP contribution in [0.3, 0.4) is 0 Å². The van der Waals surface area contributed by atoms with Gasteiger partial charge in [0.05, 0.1) is 12.0 Å². The van der Waals surface area contributed by atoms with Gasteiger partial charge in [-0.15, -0.1) is 0 Å². The highest BCUT2D eigenvalue weighted by atomic mass is 19.4. The quantitative estimate of drug-likeness (QED) is 0.402. The summed E-state index contributed by atoms with van der Waals surface area (Å²) in [7, 11) is 2.17. The zero-order valence-corrected chi connectivity index (χ0v) is 20.1. The fraction of sp³-hybridized carbons (Fsp3) is 0.536. The zero-order chi connectivity index (χ0) is 24.3. The Kier molecular flexibility index (Phi) is 10.9. The van der Waals surface area contributed by atoms with E-state index in [9.17, 15) is 13.2 Å². The van der Waals surface area contributed by atoms with Gasteiger partial charge < -0.3 is 0 Å². The topological polar surface area (TPSA) is 27.0 Å². The third-order valence-corrected chi connectivity index (χ3v) is 6.73. The van der Waals surface area contributed by atoms with Gasteiger partial charge in [-0.2, -0.15) is 18.4 Å². The maximum absolute atomic E-state index is 13.4. The van der Waals surface area contributed by atoms with Crippen LogP contribution in [0.15, 0.2) is 54.6 Å². The van der Waals surface area contributed by atoms with Gasteiger partial charge in [-0.1, -0.05) is 74.4 Å². The summed E-state index contributed by atoms with van der Waals surface area (Å²) in [6, 6.07) is 20.7. The van der Waals surface area contributed by atoms with Crippen molar-refractivity contribution in [2.75, 3.05) is 7.05 Å². The monoisotopic (exact) mass is 458 g/mol. The first-order valence-corrected chi connectivity index (χ1v) is 12.0. The second-order valence-electron chi connectivity index (χ2n) is 9.01. The molecule has 180 valence electrons. The standard InChI is InChI=1S/C26H34F3N.C2H3N/c1-3-23(30(2)19-21-9-5-4-6-10-21)18-15-20-13-16-22(17-14-20)24-11-7-8-12-25(24)26(27,28)29;1-2-3/h4-6,9-10,13-14,16-17,23-25H,3,7-8,11-12,15,18-19H2,1-2H3;1H3. The molecule has 2 aromatic carbocycles. The molecule has 1 saturated carbocycles. The molecule has 0 bridgehead atoms. The number of nitriles is 1. The third-order valence-electron chi connectivity index (χ3n) is 6.73. The van der Waals surface area contributed by atoms with Crippen molar-refractivity contribution >= 4 is 0 Å². The summed E-state index contributed by atoms with van der Waals surface area (Å²) in [5.41, 5.74) is 3.38. The number of nitrogens with zero attached hydrogens (tertiary/aromatic N) is 2. The summed E-state index contributed by atoms with van der Waals surface area (Å²) < 4.78 is 40.3. The van der Waals surface area contributed by atoms with Crippen LogP contribution in [0.5, 0.6) is 0 Å². The third kappa shape index (κ3) is 8.51. The Labute approximate surface area is 197 Å². The lowest BCUT2D eigenvalue weighted by atomic mass is 9.75. The predicted octanol–water partition coefficient (Wildman–Crippen LogP) is 7.90. The molecule has 3 unspecified atom stereocenters. The van der Waals surface area contributed by atoms with E-state index in [1.165, 1.54) is 18.1 Å². The molecule has 0 amide bonds. The number of alkyl halides is 3. The first kappa shape index (κ1) is 26.9. The molecule has 3 rings (SSSR count). The Morgan fingerprint density at radius 3 is 2.18 bits per heavy atom. The predicted molar refractivity (Wildman–Crippen MR) is 129 cm³/mol. The van der Waals surface area contributed by atoms with E-state index in [0.29, 0.717) is 18.9 Å². The molecule has 0 heterocycles. The number of rotatable bonds is 8. The SMILES string of the molecule is CC#N.CCC(CCc1ccc(C2CCCCC2C(F)(F)F)cc1)N(C)Cc1ccccc1. The molecule has 1 aliphatic carbocycles. The highest BCUT2D eigenvalue weighted by molar-refractivity contribution is 5.27. The van der Waals surface area contributed by atoms with Crippen LogP contribution in [0, 0.1) is 17.2 Å². The van der Waals surface area contributed by atoms with Crippen LogP contribution in [-0.2, 0) is 13.0 Å². The van der Waals surface area contributed by atoms with E-state index in [1.807, 2.05) is 30.3 Å². The molecular weight excluding hydrogens is 421 g/mol. The van der Waals surface area contributed by atoms with Crippen LogP contribution in [0.25, 0.3) is 0 Å². The molecular formula is C28H37F3N2. The second kappa shape index (κ2) is 13.4. The maximum Gasteiger partial charge on any atom is 0.392 e. The van der Waals surface area contributed by atoms with Crippen molar-refractivity contribution in [2.45, 2.75) is 83.5 Å². The molecule has 3 atom stereocenters. The van der Waals surface area contributed by atoms with E-state index in [2.05, 4.69) is 43.1 Å². The fourth-order valence-electron chi connectivity index (χ4n) is 4.92. The summed E-state index contributed by atoms with van der Waals surface area (Å²) in [6.07, 6.45) is 1.48. The van der Waals surface area contributed by atoms with Crippen molar-refractivity contribution in [3.8, 4) is 6.07 Å². The van der Waals surface area contributed by atoms with Crippen LogP contribution >= 0.6 is 0 Å². The van der Waals surface area contributed by atoms with Crippen molar-refractivity contribution in [2.24, 2.45) is 5.92 Å². The van der Waals surface area contributed by atoms with E-state index < -0.39 is 12.1 Å². The molecule has 2 aromatic rings. The Morgan fingerprint density at radius 2 is 1.61 bits per heavy atom. The van der Waals surface area contributed by atoms with Gasteiger partial charge in [-0.05, 0) is 61.8 Å². The Balaban J connectivity index is 0.00000122. The number of benzene rings is 2. The molecule has 5 heteroatoms. The van der Waals surface area contributed by atoms with Crippen LogP contribution in [-0.4, -0.2) is 24.2 Å². The molecule has 0 saturated heterocycles. The maximum atomic E-state index is 13.4. The molecule has 0 spiro atoms. The first-order chi connectivity index (χ1) is 15.8. The zero-order valence-electron chi connectivity index (χ0n) is 20.1. The number of aryl methyl sites for hydroxylation is 1. The molecule has 33 heavy (non-hydrogen) atoms. The van der Waals surface area contributed by atoms with Gasteiger partial charge in [0, 0.05) is 19.5 Å². The Hall–Kier alpha value is -2.32. The van der Waals surface area contributed by atoms with Crippen LogP contribution in [0.1, 0.15) is 75.0 Å². The van der Waals surface area contributed by atoms with E-state index in [-0.39, 0.29) is 12.3 Å². The van der Waals surface area contributed by atoms with Crippen molar-refractivity contribution in [3.63, 3.8) is 0 Å². The van der Waals surface area contributed by atoms with Crippen molar-refractivity contribution in [1.82, 2.24) is 4.90 Å². The van der Waals surface area contributed by atoms with E-state index in [1.54, 1.807) is 6.07 Å². The number of halogens is 3. The fourth-order valence-corrected chi connectivity index (χ4v) is 4.92. The van der Waals surface area contributed by atoms with Gasteiger partial charge in [-0.25, -0.2) is 0 Å². The smallest absolute Gasteiger partial charge is 0.299 e. The highest BCUT2D eigenvalue weighted by Crippen LogP contribution is 2.46. The van der Waals surface area contributed by atoms with Gasteiger partial charge in [0.15, 0.2) is 0 Å². The lowest BCUT2D eigenvalue weighted by Crippen LogP contribution is -2.31. The minimum atomic E-state index is -4.10. The van der Waals surface area contributed by atoms with E-state index >= 15 is 0 Å². The first-order valence-electron chi connectivity index (χ1n) is 12.0. The minimum absolute atomic E-state index is 0.266. The molecule has 0 aliphatic heterocycles. The van der Waals surface area contributed by atoms with Crippen molar-refractivity contribution in [3.05, 3.63) is 71.3 Å². The van der Waals surface area contributed by atoms with Crippen LogP contribution < -0.4 is 0 Å². The Morgan fingerprint density at radius 1 is 1.00 bits per heavy atom. The summed E-state index contributed by atoms with van der Waals surface area (Å²) in [5.74, 6) is -1.57. The second-order valence-corrected chi connectivity index (χ2v) is 9.01. The summed E-state index contributed by atoms with van der Waals surface area (Å²) in [4.78, 5) is 2.40. The minimum Gasteiger partial charge on any atom is -0.299 e. The van der Waals surface area contributed by atoms with Gasteiger partial charge in [-0.3, -0.25) is 4.90 Å². The van der Waals surface area contributed by atoms with Crippen molar-refractivity contribution in [1.29, 1.82) is 5.26 Å². The lowest BCUT2D eigenvalue weighted by Gasteiger charge is -2.33. The van der Waals surface area contributed by atoms with Crippen LogP contribution in [0.4, 0.5) is 13.2 Å². The normalized spacial score (nSPS) is 19.3. The van der Waals surface area contributed by atoms with Gasteiger partial charge >= 0.3 is 6.18 Å².